The van der Waals surface area contributed by atoms with Crippen molar-refractivity contribution in [3.05, 3.63) is 16.4 Å². The topological polar surface area (TPSA) is 29.9 Å². The lowest BCUT2D eigenvalue weighted by atomic mass is 10.3. The molecule has 0 unspecified atom stereocenters. The Hall–Kier alpha value is -0.350. The number of nitrogens with zero attached hydrogens (tertiary/aromatic N) is 2. The largest absolute Gasteiger partial charge is 0.317 e. The molecule has 74 valence electrons. The van der Waals surface area contributed by atoms with Crippen molar-refractivity contribution >= 4 is 15.9 Å². The van der Waals surface area contributed by atoms with Crippen molar-refractivity contribution in [2.75, 3.05) is 13.1 Å². The molecular formula is C9H16BrN3. The summed E-state index contributed by atoms with van der Waals surface area (Å²) >= 11 is 3.50. The normalized spacial score (nSPS) is 10.7. The third kappa shape index (κ3) is 2.81. The zero-order valence-electron chi connectivity index (χ0n) is 8.18. The Balaban J connectivity index is 2.57. The number of halogens is 1. The van der Waals surface area contributed by atoms with Gasteiger partial charge in [0.25, 0.3) is 0 Å². The predicted molar refractivity (Wildman–Crippen MR) is 57.8 cm³/mol. The molecule has 0 spiro atoms. The Bertz CT molecular complexity index is 257. The molecule has 0 aliphatic carbocycles. The molecule has 0 saturated carbocycles. The highest BCUT2D eigenvalue weighted by Crippen LogP contribution is 2.15. The highest BCUT2D eigenvalue weighted by atomic mass is 79.9. The molecule has 0 amide bonds. The minimum atomic E-state index is 0.938. The molecule has 0 atom stereocenters. The van der Waals surface area contributed by atoms with E-state index in [1.165, 1.54) is 5.69 Å². The third-order valence-corrected chi connectivity index (χ3v) is 2.65. The molecule has 0 aromatic carbocycles. The standard InChI is InChI=1S/C9H16BrN3/c1-3-11-6-5-9-8(10)7-12-13(9)4-2/h7,11H,3-6H2,1-2H3. The van der Waals surface area contributed by atoms with Crippen LogP contribution < -0.4 is 5.32 Å². The van der Waals surface area contributed by atoms with Crippen molar-refractivity contribution in [1.82, 2.24) is 15.1 Å². The summed E-state index contributed by atoms with van der Waals surface area (Å²) in [5, 5.41) is 7.56. The van der Waals surface area contributed by atoms with Gasteiger partial charge in [0.05, 0.1) is 16.4 Å². The second-order valence-corrected chi connectivity index (χ2v) is 3.71. The van der Waals surface area contributed by atoms with Gasteiger partial charge in [-0.1, -0.05) is 6.92 Å². The van der Waals surface area contributed by atoms with Crippen LogP contribution in [-0.2, 0) is 13.0 Å². The van der Waals surface area contributed by atoms with Crippen LogP contribution in [0.15, 0.2) is 10.7 Å². The van der Waals surface area contributed by atoms with Crippen molar-refractivity contribution < 1.29 is 0 Å². The van der Waals surface area contributed by atoms with E-state index in [2.05, 4.69) is 40.2 Å². The van der Waals surface area contributed by atoms with Crippen molar-refractivity contribution in [1.29, 1.82) is 0 Å². The average molecular weight is 246 g/mol. The number of nitrogens with one attached hydrogen (secondary N) is 1. The lowest BCUT2D eigenvalue weighted by Gasteiger charge is -2.05. The molecule has 1 aromatic rings. The van der Waals surface area contributed by atoms with E-state index in [1.54, 1.807) is 0 Å². The molecule has 0 saturated heterocycles. The fourth-order valence-electron chi connectivity index (χ4n) is 1.29. The minimum Gasteiger partial charge on any atom is -0.317 e. The van der Waals surface area contributed by atoms with E-state index in [4.69, 9.17) is 0 Å². The van der Waals surface area contributed by atoms with Gasteiger partial charge in [0.1, 0.15) is 0 Å². The van der Waals surface area contributed by atoms with E-state index >= 15 is 0 Å². The average Bonchev–Trinajstić information content (AvgIpc) is 2.48. The maximum Gasteiger partial charge on any atom is 0.0635 e. The van der Waals surface area contributed by atoms with Crippen LogP contribution in [0.3, 0.4) is 0 Å². The molecule has 1 heterocycles. The van der Waals surface area contributed by atoms with Gasteiger partial charge >= 0.3 is 0 Å². The number of likely N-dealkylation sites (N-methyl/N-ethyl adjacent to an activating group) is 1. The second kappa shape index (κ2) is 5.40. The fourth-order valence-corrected chi connectivity index (χ4v) is 1.79. The molecule has 0 aliphatic rings. The first-order valence-electron chi connectivity index (χ1n) is 4.70. The molecule has 3 nitrogen and oxygen atoms in total. The molecule has 1 rings (SSSR count). The van der Waals surface area contributed by atoms with E-state index in [1.807, 2.05) is 10.9 Å². The fraction of sp³-hybridized carbons (Fsp3) is 0.667. The summed E-state index contributed by atoms with van der Waals surface area (Å²) in [5.41, 5.74) is 1.28. The van der Waals surface area contributed by atoms with E-state index in [-0.39, 0.29) is 0 Å². The van der Waals surface area contributed by atoms with Gasteiger partial charge in [-0.05, 0) is 29.4 Å². The van der Waals surface area contributed by atoms with Crippen LogP contribution in [0.5, 0.6) is 0 Å². The number of aromatic nitrogens is 2. The lowest BCUT2D eigenvalue weighted by molar-refractivity contribution is 0.602. The van der Waals surface area contributed by atoms with Gasteiger partial charge in [-0.15, -0.1) is 0 Å². The summed E-state index contributed by atoms with van der Waals surface area (Å²) in [6.45, 7) is 7.20. The highest BCUT2D eigenvalue weighted by Gasteiger charge is 2.05. The predicted octanol–water partition coefficient (Wildman–Crippen LogP) is 1.82. The summed E-state index contributed by atoms with van der Waals surface area (Å²) in [4.78, 5) is 0. The molecule has 4 heteroatoms. The lowest BCUT2D eigenvalue weighted by Crippen LogP contribution is -2.18. The van der Waals surface area contributed by atoms with Crippen LogP contribution >= 0.6 is 15.9 Å². The third-order valence-electron chi connectivity index (χ3n) is 1.99. The van der Waals surface area contributed by atoms with Gasteiger partial charge < -0.3 is 5.32 Å². The molecule has 0 fully saturated rings. The maximum atomic E-state index is 4.25. The van der Waals surface area contributed by atoms with Crippen LogP contribution in [-0.4, -0.2) is 22.9 Å². The van der Waals surface area contributed by atoms with Crippen LogP contribution in [0.1, 0.15) is 19.5 Å². The van der Waals surface area contributed by atoms with Crippen molar-refractivity contribution in [2.24, 2.45) is 0 Å². The first-order valence-corrected chi connectivity index (χ1v) is 5.49. The Morgan fingerprint density at radius 3 is 2.92 bits per heavy atom. The monoisotopic (exact) mass is 245 g/mol. The SMILES string of the molecule is CCNCCc1c(Br)cnn1CC. The smallest absolute Gasteiger partial charge is 0.0635 e. The molecule has 1 aromatic heterocycles. The van der Waals surface area contributed by atoms with E-state index in [0.717, 1.165) is 30.5 Å². The van der Waals surface area contributed by atoms with Gasteiger partial charge in [0, 0.05) is 19.5 Å². The van der Waals surface area contributed by atoms with Crippen LogP contribution in [0.2, 0.25) is 0 Å². The van der Waals surface area contributed by atoms with Crippen molar-refractivity contribution in [3.8, 4) is 0 Å². The van der Waals surface area contributed by atoms with Gasteiger partial charge in [0.15, 0.2) is 0 Å². The number of hydrogen-bond donors (Lipinski definition) is 1. The summed E-state index contributed by atoms with van der Waals surface area (Å²) in [6.07, 6.45) is 2.90. The number of aryl methyl sites for hydroxylation is 1. The summed E-state index contributed by atoms with van der Waals surface area (Å²) in [6, 6.07) is 0. The molecule has 0 radical (unpaired) electrons. The minimum absolute atomic E-state index is 0.938. The summed E-state index contributed by atoms with van der Waals surface area (Å²) in [5.74, 6) is 0. The molecular weight excluding hydrogens is 230 g/mol. The second-order valence-electron chi connectivity index (χ2n) is 2.86. The molecule has 1 N–H and O–H groups in total. The summed E-state index contributed by atoms with van der Waals surface area (Å²) < 4.78 is 3.15. The molecule has 13 heavy (non-hydrogen) atoms. The molecule has 0 bridgehead atoms. The van der Waals surface area contributed by atoms with E-state index in [0.29, 0.717) is 0 Å². The first-order chi connectivity index (χ1) is 6.29. The molecule has 0 aliphatic heterocycles. The van der Waals surface area contributed by atoms with Gasteiger partial charge in [-0.2, -0.15) is 5.10 Å². The van der Waals surface area contributed by atoms with Crippen LogP contribution in [0, 0.1) is 0 Å². The van der Waals surface area contributed by atoms with Gasteiger partial charge in [-0.25, -0.2) is 0 Å². The van der Waals surface area contributed by atoms with E-state index < -0.39 is 0 Å². The van der Waals surface area contributed by atoms with Gasteiger partial charge in [0.2, 0.25) is 0 Å². The van der Waals surface area contributed by atoms with Gasteiger partial charge in [-0.3, -0.25) is 4.68 Å². The van der Waals surface area contributed by atoms with Crippen LogP contribution in [0.4, 0.5) is 0 Å². The van der Waals surface area contributed by atoms with Crippen molar-refractivity contribution in [3.63, 3.8) is 0 Å². The zero-order chi connectivity index (χ0) is 9.68. The highest BCUT2D eigenvalue weighted by molar-refractivity contribution is 9.10. The number of rotatable bonds is 5. The zero-order valence-corrected chi connectivity index (χ0v) is 9.76. The van der Waals surface area contributed by atoms with E-state index in [9.17, 15) is 0 Å². The van der Waals surface area contributed by atoms with Crippen molar-refractivity contribution in [2.45, 2.75) is 26.8 Å². The maximum absolute atomic E-state index is 4.25. The summed E-state index contributed by atoms with van der Waals surface area (Å²) in [7, 11) is 0. The first kappa shape index (κ1) is 10.7. The Morgan fingerprint density at radius 2 is 2.31 bits per heavy atom. The quantitative estimate of drug-likeness (QED) is 0.803. The Labute approximate surface area is 87.6 Å². The van der Waals surface area contributed by atoms with Crippen LogP contribution in [0.25, 0.3) is 0 Å². The Morgan fingerprint density at radius 1 is 1.54 bits per heavy atom. The Kier molecular flexibility index (Phi) is 4.45. The number of hydrogen-bond acceptors (Lipinski definition) is 2.